The molecule has 2 aromatic carbocycles. The molecule has 1 aromatic heterocycles. The summed E-state index contributed by atoms with van der Waals surface area (Å²) in [6, 6.07) is 14.2. The fourth-order valence-corrected chi connectivity index (χ4v) is 3.63. The lowest BCUT2D eigenvalue weighted by atomic mass is 10.1. The fourth-order valence-electron chi connectivity index (χ4n) is 3.63. The molecular weight excluding hydrogens is 401 g/mol. The first-order chi connectivity index (χ1) is 15.0. The van der Waals surface area contributed by atoms with Gasteiger partial charge in [0.15, 0.2) is 11.5 Å². The Bertz CT molecular complexity index is 1080. The minimum absolute atomic E-state index is 0.149. The Morgan fingerprint density at radius 2 is 2.03 bits per heavy atom. The Balaban J connectivity index is 1.43. The highest BCUT2D eigenvalue weighted by molar-refractivity contribution is 5.97. The molecule has 1 aliphatic heterocycles. The number of nitrogens with one attached hydrogen (secondary N) is 1. The number of hydrogen-bond donors (Lipinski definition) is 1. The summed E-state index contributed by atoms with van der Waals surface area (Å²) in [7, 11) is 1.57. The maximum Gasteiger partial charge on any atom is 0.276 e. The summed E-state index contributed by atoms with van der Waals surface area (Å²) in [4.78, 5) is 27.2. The van der Waals surface area contributed by atoms with Gasteiger partial charge in [-0.05, 0) is 42.7 Å². The van der Waals surface area contributed by atoms with Gasteiger partial charge in [0, 0.05) is 24.7 Å². The average molecular weight is 423 g/mol. The van der Waals surface area contributed by atoms with Crippen LogP contribution < -0.4 is 10.1 Å². The van der Waals surface area contributed by atoms with Crippen LogP contribution in [0.25, 0.3) is 11.3 Å². The fraction of sp³-hybridized carbons (Fsp3) is 0.261. The second-order valence-corrected chi connectivity index (χ2v) is 7.31. The van der Waals surface area contributed by atoms with Crippen molar-refractivity contribution >= 4 is 11.8 Å². The number of nitrogens with zero attached hydrogens (tertiary/aromatic N) is 2. The predicted molar refractivity (Wildman–Crippen MR) is 111 cm³/mol. The molecule has 1 saturated heterocycles. The summed E-state index contributed by atoms with van der Waals surface area (Å²) < 4.78 is 23.6. The third-order valence-electron chi connectivity index (χ3n) is 5.28. The number of ether oxygens (including phenoxy) is 1. The molecule has 31 heavy (non-hydrogen) atoms. The van der Waals surface area contributed by atoms with Crippen molar-refractivity contribution in [3.05, 3.63) is 71.7 Å². The topological polar surface area (TPSA) is 84.7 Å². The largest absolute Gasteiger partial charge is 0.497 e. The molecule has 2 heterocycles. The van der Waals surface area contributed by atoms with Gasteiger partial charge in [-0.1, -0.05) is 29.4 Å². The number of amides is 2. The van der Waals surface area contributed by atoms with Gasteiger partial charge in [-0.15, -0.1) is 0 Å². The van der Waals surface area contributed by atoms with Crippen molar-refractivity contribution in [2.45, 2.75) is 25.4 Å². The number of halogens is 1. The monoisotopic (exact) mass is 423 g/mol. The van der Waals surface area contributed by atoms with Crippen molar-refractivity contribution in [2.75, 3.05) is 13.7 Å². The number of likely N-dealkylation sites (tertiary alicyclic amines) is 1. The van der Waals surface area contributed by atoms with Gasteiger partial charge in [0.05, 0.1) is 7.11 Å². The van der Waals surface area contributed by atoms with Crippen LogP contribution in [0.3, 0.4) is 0 Å². The third kappa shape index (κ3) is 4.58. The van der Waals surface area contributed by atoms with E-state index < -0.39 is 6.04 Å². The Labute approximate surface area is 178 Å². The Kier molecular flexibility index (Phi) is 5.97. The molecule has 1 atom stereocenters. The molecule has 1 N–H and O–H groups in total. The zero-order chi connectivity index (χ0) is 21.8. The van der Waals surface area contributed by atoms with E-state index in [1.54, 1.807) is 31.4 Å². The molecule has 160 valence electrons. The highest BCUT2D eigenvalue weighted by Gasteiger charge is 2.35. The lowest BCUT2D eigenvalue weighted by Gasteiger charge is -2.23. The van der Waals surface area contributed by atoms with Crippen LogP contribution in [0.15, 0.2) is 59.1 Å². The molecule has 8 heteroatoms. The lowest BCUT2D eigenvalue weighted by Crippen LogP contribution is -2.45. The summed E-state index contributed by atoms with van der Waals surface area (Å²) in [6.45, 7) is 0.733. The molecule has 0 bridgehead atoms. The van der Waals surface area contributed by atoms with Crippen LogP contribution in [0, 0.1) is 5.82 Å². The minimum atomic E-state index is -0.579. The molecule has 2 amide bonds. The SMILES string of the molecule is COc1cccc(-c2cc(C(=O)N3CCC[C@@H]3C(=O)NCc3ccc(F)cc3)no2)c1. The first kappa shape index (κ1) is 20.6. The zero-order valence-corrected chi connectivity index (χ0v) is 17.0. The summed E-state index contributed by atoms with van der Waals surface area (Å²) >= 11 is 0. The van der Waals surface area contributed by atoms with Crippen molar-refractivity contribution in [1.82, 2.24) is 15.4 Å². The Morgan fingerprint density at radius 1 is 1.23 bits per heavy atom. The van der Waals surface area contributed by atoms with Gasteiger partial charge in [-0.25, -0.2) is 4.39 Å². The van der Waals surface area contributed by atoms with E-state index in [9.17, 15) is 14.0 Å². The number of carbonyl (C=O) groups excluding carboxylic acids is 2. The van der Waals surface area contributed by atoms with Crippen molar-refractivity contribution in [1.29, 1.82) is 0 Å². The van der Waals surface area contributed by atoms with Crippen LogP contribution in [-0.2, 0) is 11.3 Å². The number of rotatable bonds is 6. The molecule has 4 rings (SSSR count). The highest BCUT2D eigenvalue weighted by atomic mass is 19.1. The summed E-state index contributed by atoms with van der Waals surface area (Å²) in [5.41, 5.74) is 1.67. The molecule has 1 aliphatic rings. The zero-order valence-electron chi connectivity index (χ0n) is 17.0. The van der Waals surface area contributed by atoms with Crippen molar-refractivity contribution in [2.24, 2.45) is 0 Å². The number of aromatic nitrogens is 1. The molecule has 0 saturated carbocycles. The van der Waals surface area contributed by atoms with Crippen LogP contribution in [0.4, 0.5) is 4.39 Å². The van der Waals surface area contributed by atoms with Crippen molar-refractivity contribution in [3.63, 3.8) is 0 Å². The van der Waals surface area contributed by atoms with Gasteiger partial charge >= 0.3 is 0 Å². The van der Waals surface area contributed by atoms with Crippen LogP contribution in [0.1, 0.15) is 28.9 Å². The Hall–Kier alpha value is -3.68. The van der Waals surface area contributed by atoms with Gasteiger partial charge in [-0.2, -0.15) is 0 Å². The molecule has 0 aliphatic carbocycles. The Morgan fingerprint density at radius 3 is 2.81 bits per heavy atom. The second kappa shape index (κ2) is 8.99. The summed E-state index contributed by atoms with van der Waals surface area (Å²) in [5, 5.41) is 6.74. The van der Waals surface area contributed by atoms with E-state index in [4.69, 9.17) is 9.26 Å². The molecule has 0 spiro atoms. The van der Waals surface area contributed by atoms with E-state index in [2.05, 4.69) is 10.5 Å². The number of benzene rings is 2. The molecular formula is C23H22FN3O4. The molecule has 0 unspecified atom stereocenters. The molecule has 3 aromatic rings. The molecule has 1 fully saturated rings. The predicted octanol–water partition coefficient (Wildman–Crippen LogP) is 3.41. The van der Waals surface area contributed by atoms with Crippen molar-refractivity contribution in [3.8, 4) is 17.1 Å². The van der Waals surface area contributed by atoms with Gasteiger partial charge < -0.3 is 19.5 Å². The van der Waals surface area contributed by atoms with E-state index >= 15 is 0 Å². The van der Waals surface area contributed by atoms with Crippen molar-refractivity contribution < 1.29 is 23.2 Å². The minimum Gasteiger partial charge on any atom is -0.497 e. The third-order valence-corrected chi connectivity index (χ3v) is 5.28. The van der Waals surface area contributed by atoms with E-state index in [1.807, 2.05) is 18.2 Å². The molecule has 0 radical (unpaired) electrons. The van der Waals surface area contributed by atoms with E-state index in [1.165, 1.54) is 17.0 Å². The maximum atomic E-state index is 13.0. The van der Waals surface area contributed by atoms with Gasteiger partial charge in [0.2, 0.25) is 5.91 Å². The van der Waals surface area contributed by atoms with Gasteiger partial charge in [0.1, 0.15) is 17.6 Å². The second-order valence-electron chi connectivity index (χ2n) is 7.31. The van der Waals surface area contributed by atoms with Crippen LogP contribution in [0.2, 0.25) is 0 Å². The number of carbonyl (C=O) groups is 2. The van der Waals surface area contributed by atoms with Gasteiger partial charge in [-0.3, -0.25) is 9.59 Å². The van der Waals surface area contributed by atoms with E-state index in [0.29, 0.717) is 24.5 Å². The van der Waals surface area contributed by atoms with Crippen LogP contribution >= 0.6 is 0 Å². The summed E-state index contributed by atoms with van der Waals surface area (Å²) in [5.74, 6) is 0.186. The normalized spacial score (nSPS) is 15.7. The quantitative estimate of drug-likeness (QED) is 0.657. The number of hydrogen-bond acceptors (Lipinski definition) is 5. The van der Waals surface area contributed by atoms with E-state index in [-0.39, 0.29) is 29.9 Å². The highest BCUT2D eigenvalue weighted by Crippen LogP contribution is 2.26. The smallest absolute Gasteiger partial charge is 0.276 e. The van der Waals surface area contributed by atoms with E-state index in [0.717, 1.165) is 17.5 Å². The van der Waals surface area contributed by atoms with Crippen LogP contribution in [-0.4, -0.2) is 41.6 Å². The molecule has 7 nitrogen and oxygen atoms in total. The maximum absolute atomic E-state index is 13.0. The average Bonchev–Trinajstić information content (AvgIpc) is 3.48. The summed E-state index contributed by atoms with van der Waals surface area (Å²) in [6.07, 6.45) is 1.29. The lowest BCUT2D eigenvalue weighted by molar-refractivity contribution is -0.125. The van der Waals surface area contributed by atoms with Crippen LogP contribution in [0.5, 0.6) is 5.75 Å². The first-order valence-electron chi connectivity index (χ1n) is 9.99. The standard InChI is InChI=1S/C23H22FN3O4/c1-30-18-5-2-4-16(12-18)21-13-19(26-31-21)23(29)27-11-3-6-20(27)22(28)25-14-15-7-9-17(24)10-8-15/h2,4-5,7-10,12-13,20H,3,6,11,14H2,1H3,(H,25,28)/t20-/m1/s1. The van der Waals surface area contributed by atoms with Gasteiger partial charge in [0.25, 0.3) is 5.91 Å². The number of methoxy groups -OCH3 is 1. The first-order valence-corrected chi connectivity index (χ1v) is 9.99.